The van der Waals surface area contributed by atoms with E-state index in [2.05, 4.69) is 57.5 Å². The summed E-state index contributed by atoms with van der Waals surface area (Å²) < 4.78 is 6.19. The second-order valence-corrected chi connectivity index (χ2v) is 19.7. The lowest BCUT2D eigenvalue weighted by molar-refractivity contribution is -0.138. The summed E-state index contributed by atoms with van der Waals surface area (Å²) in [4.78, 5) is 138. The molecule has 1 aliphatic rings. The number of hydrogen-bond acceptors (Lipinski definition) is 12. The Balaban J connectivity index is 1.57. The number of rotatable bonds is 20. The normalized spacial score (nSPS) is 20.8. The van der Waals surface area contributed by atoms with Crippen LogP contribution in [0.25, 0.3) is 10.9 Å². The van der Waals surface area contributed by atoms with Crippen molar-refractivity contribution in [3.05, 3.63) is 108 Å². The molecule has 0 aliphatic carbocycles. The van der Waals surface area contributed by atoms with Crippen molar-refractivity contribution in [1.82, 2.24) is 47.5 Å². The number of aromatic amines is 1. The first-order valence-electron chi connectivity index (χ1n) is 26.8. The molecule has 1 aliphatic heterocycles. The fraction of sp³-hybridized carbons (Fsp3) is 0.436. The number of hydrogen-bond donors (Lipinski definition) is 14. The Labute approximate surface area is 469 Å². The maximum Gasteiger partial charge on any atom is 0.245 e. The lowest BCUT2D eigenvalue weighted by Gasteiger charge is -2.30. The molecule has 4 aromatic rings. The molecule has 8 unspecified atom stereocenters. The molecular formula is C55H76N16O10. The molecule has 19 N–H and O–H groups in total. The molecule has 81 heavy (non-hydrogen) atoms. The summed E-state index contributed by atoms with van der Waals surface area (Å²) in [5.41, 5.74) is 30.7. The van der Waals surface area contributed by atoms with Crippen LogP contribution in [0.3, 0.4) is 0 Å². The third-order valence-electron chi connectivity index (χ3n) is 13.2. The summed E-state index contributed by atoms with van der Waals surface area (Å²) >= 11 is 0. The molecule has 9 amide bonds. The van der Waals surface area contributed by atoms with Gasteiger partial charge in [0.15, 0.2) is 11.9 Å². The number of guanidine groups is 2. The average Bonchev–Trinajstić information content (AvgIpc) is 4.07. The minimum absolute atomic E-state index is 0.00287. The Morgan fingerprint density at radius 2 is 1.27 bits per heavy atom. The fourth-order valence-corrected chi connectivity index (χ4v) is 8.93. The first kappa shape index (κ1) is 62.8. The van der Waals surface area contributed by atoms with Crippen molar-refractivity contribution in [2.24, 2.45) is 38.7 Å². The Kier molecular flexibility index (Phi) is 24.9. The van der Waals surface area contributed by atoms with Crippen molar-refractivity contribution in [2.75, 3.05) is 19.6 Å². The second kappa shape index (κ2) is 32.1. The van der Waals surface area contributed by atoms with E-state index >= 15 is 0 Å². The number of aliphatic imine (C=N–C) groups is 2. The first-order valence-corrected chi connectivity index (χ1v) is 26.8. The molecule has 1 fully saturated rings. The van der Waals surface area contributed by atoms with Gasteiger partial charge in [-0.15, -0.1) is 0 Å². The topological polar surface area (TPSA) is 430 Å². The third kappa shape index (κ3) is 21.3. The predicted molar refractivity (Wildman–Crippen MR) is 303 cm³/mol. The van der Waals surface area contributed by atoms with Crippen LogP contribution in [0.1, 0.15) is 81.9 Å². The number of ether oxygens (including phenoxy) is 1. The number of fused-ring (bicyclic) bond motifs is 1. The van der Waals surface area contributed by atoms with Gasteiger partial charge in [0.05, 0.1) is 19.1 Å². The van der Waals surface area contributed by atoms with E-state index in [4.69, 9.17) is 33.4 Å². The molecule has 0 radical (unpaired) electrons. The summed E-state index contributed by atoms with van der Waals surface area (Å²) in [7, 11) is 0. The molecule has 0 saturated carbocycles. The SMILES string of the molecule is CC(=O)NC(CCCN=C(N)N)C(=O)NC1CC(=O)NCCCCC(C(N)=O)NC(=O)C(Cc2c[nH]c3ccccc23)NC(=O)C(CCCN=C(N)N)NC(=O)C(Cc2ccccc2)NC(=O)C(C(C)OCc2ccccc2)NC1=O. The number of H-pyrrole nitrogens is 1. The van der Waals surface area contributed by atoms with Crippen LogP contribution in [0.5, 0.6) is 0 Å². The summed E-state index contributed by atoms with van der Waals surface area (Å²) in [5.74, 6) is -7.79. The van der Waals surface area contributed by atoms with Crippen molar-refractivity contribution < 1.29 is 47.9 Å². The number of primary amides is 1. The molecule has 5 rings (SSSR count). The Morgan fingerprint density at radius 3 is 1.94 bits per heavy atom. The number of carbonyl (C=O) groups excluding carboxylic acids is 9. The first-order chi connectivity index (χ1) is 38.8. The zero-order chi connectivity index (χ0) is 58.8. The molecule has 1 saturated heterocycles. The van der Waals surface area contributed by atoms with Crippen molar-refractivity contribution >= 4 is 76.0 Å². The largest absolute Gasteiger partial charge is 0.371 e. The Morgan fingerprint density at radius 1 is 0.679 bits per heavy atom. The standard InChI is InChI=1S/C55H76N16O10/c1-32(81-31-35-17-7-4-8-18-35)46-53(80)70-42(27-34-15-5-3-6-16-34)50(77)67-41(23-14-26-63-55(59)60)49(76)68-43(28-36-30-64-38-20-10-9-19-37(36)38)51(78)66-39(47(56)74)21-11-12-24-61-45(73)29-44(52(79)71-46)69-48(75)40(65-33(2)72)22-13-25-62-54(57)58/h3-10,15-20,30,32,39-44,46,64H,11-14,21-29,31H2,1-2H3,(H2,56,74)(H,61,73)(H,65,72)(H,66,78)(H,67,77)(H,68,76)(H,69,75)(H,70,80)(H,71,79)(H4,57,58,62)(H4,59,60,63). The summed E-state index contributed by atoms with van der Waals surface area (Å²) in [5, 5.41) is 22.3. The number of benzene rings is 3. The van der Waals surface area contributed by atoms with Gasteiger partial charge in [0.1, 0.15) is 42.3 Å². The summed E-state index contributed by atoms with van der Waals surface area (Å²) in [6.45, 7) is 2.82. The second-order valence-electron chi connectivity index (χ2n) is 19.7. The Bertz CT molecular complexity index is 2840. The molecule has 3 aromatic carbocycles. The number of carbonyl (C=O) groups is 9. The van der Waals surface area contributed by atoms with Gasteiger partial charge in [0.25, 0.3) is 0 Å². The number of nitrogens with zero attached hydrogens (tertiary/aromatic N) is 2. The number of nitrogens with one attached hydrogen (secondary N) is 9. The maximum absolute atomic E-state index is 14.9. The minimum Gasteiger partial charge on any atom is -0.371 e. The van der Waals surface area contributed by atoms with Crippen molar-refractivity contribution in [3.63, 3.8) is 0 Å². The van der Waals surface area contributed by atoms with E-state index in [1.165, 1.54) is 13.8 Å². The van der Waals surface area contributed by atoms with Crippen molar-refractivity contribution in [3.8, 4) is 0 Å². The molecule has 26 heteroatoms. The van der Waals surface area contributed by atoms with Crippen molar-refractivity contribution in [2.45, 2.75) is 133 Å². The van der Waals surface area contributed by atoms with Crippen LogP contribution < -0.4 is 71.2 Å². The highest BCUT2D eigenvalue weighted by atomic mass is 16.5. The number of nitrogens with two attached hydrogens (primary N) is 5. The van der Waals surface area contributed by atoms with E-state index < -0.39 is 108 Å². The highest BCUT2D eigenvalue weighted by Crippen LogP contribution is 2.20. The number of para-hydroxylation sites is 1. The predicted octanol–water partition coefficient (Wildman–Crippen LogP) is -1.75. The maximum atomic E-state index is 14.9. The van der Waals surface area contributed by atoms with Crippen LogP contribution in [0, 0.1) is 0 Å². The van der Waals surface area contributed by atoms with Crippen LogP contribution in [-0.4, -0.2) is 138 Å². The zero-order valence-corrected chi connectivity index (χ0v) is 45.5. The summed E-state index contributed by atoms with van der Waals surface area (Å²) in [6, 6.07) is 14.9. The highest BCUT2D eigenvalue weighted by Gasteiger charge is 2.37. The van der Waals surface area contributed by atoms with E-state index in [0.29, 0.717) is 16.7 Å². The quantitative estimate of drug-likeness (QED) is 0.0265. The van der Waals surface area contributed by atoms with Crippen LogP contribution in [0.15, 0.2) is 101 Å². The molecule has 26 nitrogen and oxygen atoms in total. The van der Waals surface area contributed by atoms with Gasteiger partial charge >= 0.3 is 0 Å². The van der Waals surface area contributed by atoms with Gasteiger partial charge in [0.2, 0.25) is 53.2 Å². The number of aromatic nitrogens is 1. The van der Waals surface area contributed by atoms with Crippen molar-refractivity contribution in [1.29, 1.82) is 0 Å². The average molecular weight is 1120 g/mol. The zero-order valence-electron chi connectivity index (χ0n) is 45.5. The molecule has 436 valence electrons. The Hall–Kier alpha value is -9.07. The molecule has 0 spiro atoms. The van der Waals surface area contributed by atoms with Gasteiger partial charge < -0.3 is 80.9 Å². The van der Waals surface area contributed by atoms with E-state index in [0.717, 1.165) is 10.9 Å². The molecule has 2 heterocycles. The van der Waals surface area contributed by atoms with Crippen LogP contribution in [0.4, 0.5) is 0 Å². The number of amides is 9. The van der Waals surface area contributed by atoms with Crippen LogP contribution in [0.2, 0.25) is 0 Å². The van der Waals surface area contributed by atoms with Gasteiger partial charge in [0, 0.05) is 56.5 Å². The monoisotopic (exact) mass is 1120 g/mol. The summed E-state index contributed by atoms with van der Waals surface area (Å²) in [6.07, 6.45) is 0.445. The van der Waals surface area contributed by atoms with E-state index in [1.54, 1.807) is 66.9 Å². The van der Waals surface area contributed by atoms with E-state index in [-0.39, 0.29) is 95.9 Å². The fourth-order valence-electron chi connectivity index (χ4n) is 8.93. The smallest absolute Gasteiger partial charge is 0.245 e. The van der Waals surface area contributed by atoms with Gasteiger partial charge in [-0.25, -0.2) is 0 Å². The third-order valence-corrected chi connectivity index (χ3v) is 13.2. The molecule has 1 aromatic heterocycles. The lowest BCUT2D eigenvalue weighted by Crippen LogP contribution is -2.62. The van der Waals surface area contributed by atoms with Crippen LogP contribution in [-0.2, 0) is 67.3 Å². The molecular weight excluding hydrogens is 1040 g/mol. The molecule has 0 bridgehead atoms. The highest BCUT2D eigenvalue weighted by molar-refractivity contribution is 5.99. The van der Waals surface area contributed by atoms with Gasteiger partial charge in [-0.3, -0.25) is 53.1 Å². The van der Waals surface area contributed by atoms with Crippen LogP contribution >= 0.6 is 0 Å². The van der Waals surface area contributed by atoms with Gasteiger partial charge in [-0.2, -0.15) is 0 Å². The molecule has 8 atom stereocenters. The lowest BCUT2D eigenvalue weighted by atomic mass is 10.0. The minimum atomic E-state index is -1.68. The van der Waals surface area contributed by atoms with E-state index in [1.807, 2.05) is 24.3 Å². The van der Waals surface area contributed by atoms with E-state index in [9.17, 15) is 43.2 Å². The van der Waals surface area contributed by atoms with Gasteiger partial charge in [-0.1, -0.05) is 78.9 Å². The van der Waals surface area contributed by atoms with Gasteiger partial charge in [-0.05, 0) is 74.6 Å².